The highest BCUT2D eigenvalue weighted by Gasteiger charge is 2.27. The molecule has 0 aliphatic rings. The van der Waals surface area contributed by atoms with Gasteiger partial charge in [0, 0.05) is 28.1 Å². The Bertz CT molecular complexity index is 2270. The number of aliphatic imine (C=N–C) groups is 1. The lowest BCUT2D eigenvalue weighted by Crippen LogP contribution is -2.24. The molecule has 0 fully saturated rings. The fraction of sp³-hybridized carbons (Fsp3) is 0.286. The quantitative estimate of drug-likeness (QED) is 0.0964. The second-order valence-electron chi connectivity index (χ2n) is 14.3. The van der Waals surface area contributed by atoms with Gasteiger partial charge in [-0.1, -0.05) is 94.5 Å². The van der Waals surface area contributed by atoms with Crippen molar-refractivity contribution in [3.63, 3.8) is 0 Å². The molecule has 0 atom stereocenters. The molecule has 5 rings (SSSR count). The number of nitrogens with zero attached hydrogens (tertiary/aromatic N) is 2. The van der Waals surface area contributed by atoms with Crippen LogP contribution in [0.2, 0.25) is 15.1 Å². The van der Waals surface area contributed by atoms with Crippen LogP contribution >= 0.6 is 34.8 Å². The summed E-state index contributed by atoms with van der Waals surface area (Å²) in [6.45, 7) is 12.8. The molecule has 1 aromatic heterocycles. The van der Waals surface area contributed by atoms with Crippen LogP contribution in [0, 0.1) is 0 Å². The van der Waals surface area contributed by atoms with Gasteiger partial charge in [0.15, 0.2) is 18.1 Å². The van der Waals surface area contributed by atoms with E-state index in [9.17, 15) is 14.4 Å². The number of H-pyrrole nitrogens is 1. The number of hydrogen-bond donors (Lipinski definition) is 3. The van der Waals surface area contributed by atoms with Crippen LogP contribution in [0.3, 0.4) is 0 Å². The largest absolute Gasteiger partial charge is 0.497 e. The number of aromatic nitrogens is 2. The maximum atomic E-state index is 13.8. The zero-order valence-corrected chi connectivity index (χ0v) is 34.0. The van der Waals surface area contributed by atoms with Gasteiger partial charge in [-0.25, -0.2) is 9.67 Å². The number of ether oxygens (including phenoxy) is 2. The summed E-state index contributed by atoms with van der Waals surface area (Å²) in [5.74, 6) is 0.293. The minimum Gasteiger partial charge on any atom is -0.497 e. The molecule has 0 bridgehead atoms. The van der Waals surface area contributed by atoms with E-state index in [-0.39, 0.29) is 55.3 Å². The van der Waals surface area contributed by atoms with Gasteiger partial charge < -0.3 is 20.1 Å². The summed E-state index contributed by atoms with van der Waals surface area (Å²) in [5.41, 5.74) is 2.68. The van der Waals surface area contributed by atoms with Gasteiger partial charge >= 0.3 is 0 Å². The van der Waals surface area contributed by atoms with Crippen LogP contribution in [-0.2, 0) is 15.6 Å². The Morgan fingerprint density at radius 1 is 0.873 bits per heavy atom. The first-order valence-corrected chi connectivity index (χ1v) is 18.9. The second-order valence-corrected chi connectivity index (χ2v) is 15.5. The van der Waals surface area contributed by atoms with E-state index in [1.165, 1.54) is 30.0 Å². The van der Waals surface area contributed by atoms with E-state index in [2.05, 4.69) is 74.4 Å². The van der Waals surface area contributed by atoms with Crippen LogP contribution in [0.4, 0.5) is 17.2 Å². The molecule has 0 saturated carbocycles. The first kappa shape index (κ1) is 41.1. The Balaban J connectivity index is 1.37. The molecule has 5 aromatic rings. The molecule has 13 heteroatoms. The normalized spacial score (nSPS) is 11.8. The number of methoxy groups -OCH3 is 1. The summed E-state index contributed by atoms with van der Waals surface area (Å²) in [6.07, 6.45) is 3.34. The van der Waals surface area contributed by atoms with Gasteiger partial charge in [-0.05, 0) is 95.5 Å². The number of carbonyl (C=O) groups is 2. The zero-order chi connectivity index (χ0) is 40.1. The molecule has 0 radical (unpaired) electrons. The van der Waals surface area contributed by atoms with Gasteiger partial charge in [0.05, 0.1) is 17.2 Å². The van der Waals surface area contributed by atoms with Crippen molar-refractivity contribution in [1.82, 2.24) is 9.78 Å². The summed E-state index contributed by atoms with van der Waals surface area (Å²) in [7, 11) is 1.56. The van der Waals surface area contributed by atoms with Crippen LogP contribution < -0.4 is 25.7 Å². The highest BCUT2D eigenvalue weighted by atomic mass is 35.5. The van der Waals surface area contributed by atoms with E-state index in [0.717, 1.165) is 23.1 Å². The van der Waals surface area contributed by atoms with Crippen molar-refractivity contribution < 1.29 is 19.1 Å². The first-order chi connectivity index (χ1) is 26.1. The minimum atomic E-state index is -0.638. The Hall–Kier alpha value is -5.03. The molecule has 0 aliphatic carbocycles. The van der Waals surface area contributed by atoms with Crippen LogP contribution in [0.5, 0.6) is 11.5 Å². The van der Waals surface area contributed by atoms with Gasteiger partial charge in [-0.2, -0.15) is 0 Å². The average molecular weight is 805 g/mol. The lowest BCUT2D eigenvalue weighted by atomic mass is 9.76. The predicted octanol–water partition coefficient (Wildman–Crippen LogP) is 10.5. The Labute approximate surface area is 335 Å². The number of anilines is 2. The van der Waals surface area contributed by atoms with Crippen molar-refractivity contribution in [1.29, 1.82) is 0 Å². The lowest BCUT2D eigenvalue weighted by molar-refractivity contribution is -0.118. The summed E-state index contributed by atoms with van der Waals surface area (Å²) in [6, 6.07) is 22.5. The molecule has 0 aliphatic heterocycles. The van der Waals surface area contributed by atoms with Crippen molar-refractivity contribution in [2.24, 2.45) is 4.99 Å². The summed E-state index contributed by atoms with van der Waals surface area (Å²) in [5, 5.41) is 8.90. The maximum Gasteiger partial charge on any atom is 0.299 e. The second kappa shape index (κ2) is 17.2. The van der Waals surface area contributed by atoms with Gasteiger partial charge in [-0.15, -0.1) is 0 Å². The van der Waals surface area contributed by atoms with Crippen molar-refractivity contribution >= 4 is 70.0 Å². The van der Waals surface area contributed by atoms with E-state index < -0.39 is 17.4 Å². The number of rotatable bonds is 14. The molecular weight excluding hydrogens is 761 g/mol. The SMILES string of the molecule is CCC(C)(C)c1ccc(OCC(=O)Nc2cccc(C(=O)Nc3[nH]n(-c4c(Cl)cc(Cl)cc4Cl)c(=O)c3N=Cc3ccc(OC)cc3)c2)c(C(C)(C)CC)c1. The molecule has 55 heavy (non-hydrogen) atoms. The van der Waals surface area contributed by atoms with Gasteiger partial charge in [0.2, 0.25) is 0 Å². The van der Waals surface area contributed by atoms with Crippen LogP contribution in [0.15, 0.2) is 88.6 Å². The minimum absolute atomic E-state index is 0.00473. The third-order valence-electron chi connectivity index (χ3n) is 9.79. The highest BCUT2D eigenvalue weighted by Crippen LogP contribution is 2.39. The number of halogens is 3. The maximum absolute atomic E-state index is 13.8. The number of benzene rings is 4. The Morgan fingerprint density at radius 3 is 2.18 bits per heavy atom. The van der Waals surface area contributed by atoms with Crippen LogP contribution in [0.25, 0.3) is 5.69 Å². The van der Waals surface area contributed by atoms with Gasteiger partial charge in [-0.3, -0.25) is 19.5 Å². The Morgan fingerprint density at radius 2 is 1.55 bits per heavy atom. The van der Waals surface area contributed by atoms with Crippen LogP contribution in [-0.4, -0.2) is 41.5 Å². The van der Waals surface area contributed by atoms with E-state index in [0.29, 0.717) is 22.7 Å². The van der Waals surface area contributed by atoms with Crippen molar-refractivity contribution in [3.8, 4) is 17.2 Å². The molecule has 0 saturated heterocycles. The van der Waals surface area contributed by atoms with E-state index in [1.54, 1.807) is 49.6 Å². The van der Waals surface area contributed by atoms with Crippen molar-refractivity contribution in [2.75, 3.05) is 24.4 Å². The molecule has 2 amide bonds. The number of aromatic amines is 1. The Kier molecular flexibility index (Phi) is 12.9. The summed E-state index contributed by atoms with van der Waals surface area (Å²) in [4.78, 5) is 45.0. The molecule has 1 heterocycles. The number of carbonyl (C=O) groups excluding carboxylic acids is 2. The zero-order valence-electron chi connectivity index (χ0n) is 31.8. The van der Waals surface area contributed by atoms with Crippen LogP contribution in [0.1, 0.15) is 81.4 Å². The molecular formula is C42H44Cl3N5O5. The first-order valence-electron chi connectivity index (χ1n) is 17.7. The summed E-state index contributed by atoms with van der Waals surface area (Å²) < 4.78 is 12.4. The van der Waals surface area contributed by atoms with E-state index >= 15 is 0 Å². The fourth-order valence-corrected chi connectivity index (χ4v) is 6.62. The van der Waals surface area contributed by atoms with E-state index in [1.807, 2.05) is 6.07 Å². The fourth-order valence-electron chi connectivity index (χ4n) is 5.63. The smallest absolute Gasteiger partial charge is 0.299 e. The third-order valence-corrected chi connectivity index (χ3v) is 10.6. The topological polar surface area (TPSA) is 127 Å². The third kappa shape index (κ3) is 9.62. The number of amides is 2. The number of hydrogen-bond acceptors (Lipinski definition) is 6. The standard InChI is InChI=1S/C42H44Cl3N5O5/c1-8-41(3,4)27-15-18-34(31(20-27)42(5,6)9-2)55-24-35(51)47-29-12-10-11-26(19-29)39(52)48-38-36(46-23-25-13-16-30(54-7)17-14-25)40(53)50(49-38)37-32(44)21-28(43)22-33(37)45/h10-23,49H,8-9,24H2,1-7H3,(H,47,51)(H,48,52). The molecule has 0 unspecified atom stereocenters. The molecule has 3 N–H and O–H groups in total. The average Bonchev–Trinajstić information content (AvgIpc) is 3.45. The number of nitrogens with one attached hydrogen (secondary N) is 3. The highest BCUT2D eigenvalue weighted by molar-refractivity contribution is 6.40. The molecule has 4 aromatic carbocycles. The van der Waals surface area contributed by atoms with E-state index in [4.69, 9.17) is 44.3 Å². The molecule has 288 valence electrons. The summed E-state index contributed by atoms with van der Waals surface area (Å²) >= 11 is 19.0. The lowest BCUT2D eigenvalue weighted by Gasteiger charge is -2.30. The van der Waals surface area contributed by atoms with Crippen molar-refractivity contribution in [2.45, 2.75) is 65.2 Å². The molecule has 0 spiro atoms. The monoisotopic (exact) mass is 803 g/mol. The van der Waals surface area contributed by atoms with Gasteiger partial charge in [0.25, 0.3) is 17.4 Å². The van der Waals surface area contributed by atoms with Gasteiger partial charge in [0.1, 0.15) is 17.2 Å². The van der Waals surface area contributed by atoms with Crippen molar-refractivity contribution in [3.05, 3.63) is 127 Å². The molecule has 10 nitrogen and oxygen atoms in total. The predicted molar refractivity (Wildman–Crippen MR) is 223 cm³/mol.